The van der Waals surface area contributed by atoms with Gasteiger partial charge in [-0.15, -0.1) is 0 Å². The number of nitrogens with one attached hydrogen (secondary N) is 1. The Morgan fingerprint density at radius 2 is 1.86 bits per heavy atom. The molecule has 1 heterocycles. The summed E-state index contributed by atoms with van der Waals surface area (Å²) in [7, 11) is -3.76. The molecule has 1 amide bonds. The second-order valence-corrected chi connectivity index (χ2v) is 8.78. The van der Waals surface area contributed by atoms with Crippen LogP contribution < -0.4 is 10.1 Å². The average molecular weight is 439 g/mol. The molecule has 0 spiro atoms. The lowest BCUT2D eigenvalue weighted by Crippen LogP contribution is -2.40. The molecule has 1 saturated heterocycles. The molecule has 156 valence electrons. The first-order valence-electron chi connectivity index (χ1n) is 9.29. The summed E-state index contributed by atoms with van der Waals surface area (Å²) in [6.45, 7) is 3.71. The molecule has 0 saturated carbocycles. The molecule has 0 unspecified atom stereocenters. The van der Waals surface area contributed by atoms with Crippen molar-refractivity contribution in [2.45, 2.75) is 18.2 Å². The van der Waals surface area contributed by atoms with E-state index in [-0.39, 0.29) is 35.3 Å². The monoisotopic (exact) mass is 438 g/mol. The number of morpholine rings is 1. The molecule has 1 fully saturated rings. The number of carbonyl (C=O) groups is 1. The first kappa shape index (κ1) is 21.6. The van der Waals surface area contributed by atoms with Crippen molar-refractivity contribution < 1.29 is 22.7 Å². The van der Waals surface area contributed by atoms with Gasteiger partial charge < -0.3 is 14.8 Å². The molecule has 9 heteroatoms. The van der Waals surface area contributed by atoms with Gasteiger partial charge in [-0.1, -0.05) is 23.7 Å². The number of hydrogen-bond acceptors (Lipinski definition) is 5. The average Bonchev–Trinajstić information content (AvgIpc) is 2.71. The van der Waals surface area contributed by atoms with Crippen molar-refractivity contribution in [3.8, 4) is 5.75 Å². The maximum Gasteiger partial charge on any atom is 0.244 e. The van der Waals surface area contributed by atoms with Crippen LogP contribution in [-0.4, -0.2) is 51.5 Å². The van der Waals surface area contributed by atoms with Crippen LogP contribution in [0.5, 0.6) is 5.75 Å². The Balaban J connectivity index is 1.71. The fourth-order valence-electron chi connectivity index (χ4n) is 2.97. The second-order valence-electron chi connectivity index (χ2n) is 6.46. The van der Waals surface area contributed by atoms with E-state index in [0.29, 0.717) is 25.5 Å². The summed E-state index contributed by atoms with van der Waals surface area (Å²) < 4.78 is 37.7. The molecule has 29 heavy (non-hydrogen) atoms. The Bertz CT molecular complexity index is 957. The molecular formula is C20H23ClN2O5S. The normalized spacial score (nSPS) is 15.1. The molecule has 0 bridgehead atoms. The third-order valence-electron chi connectivity index (χ3n) is 4.40. The van der Waals surface area contributed by atoms with E-state index < -0.39 is 10.0 Å². The Morgan fingerprint density at radius 3 is 2.52 bits per heavy atom. The second kappa shape index (κ2) is 9.58. The minimum Gasteiger partial charge on any atom is -0.494 e. The minimum atomic E-state index is -3.76. The van der Waals surface area contributed by atoms with Crippen LogP contribution in [0, 0.1) is 0 Å². The summed E-state index contributed by atoms with van der Waals surface area (Å²) in [4.78, 5) is 12.4. The molecular weight excluding hydrogens is 416 g/mol. The lowest BCUT2D eigenvalue weighted by molar-refractivity contribution is -0.115. The van der Waals surface area contributed by atoms with Crippen LogP contribution in [0.4, 0.5) is 5.69 Å². The fraction of sp³-hybridized carbons (Fsp3) is 0.350. The molecule has 3 rings (SSSR count). The van der Waals surface area contributed by atoms with Crippen molar-refractivity contribution in [3.05, 3.63) is 53.1 Å². The molecule has 7 nitrogen and oxygen atoms in total. The van der Waals surface area contributed by atoms with Crippen LogP contribution in [0.25, 0.3) is 0 Å². The number of nitrogens with zero attached hydrogens (tertiary/aromatic N) is 1. The number of halogens is 1. The zero-order chi connectivity index (χ0) is 20.9. The Hall–Kier alpha value is -2.13. The van der Waals surface area contributed by atoms with Crippen molar-refractivity contribution in [1.82, 2.24) is 4.31 Å². The topological polar surface area (TPSA) is 84.9 Å². The van der Waals surface area contributed by atoms with Crippen molar-refractivity contribution in [1.29, 1.82) is 0 Å². The SMILES string of the molecule is CCOc1ccc(CC(=O)Nc2ccc(Cl)c(S(=O)(=O)N3CCOCC3)c2)cc1. The Morgan fingerprint density at radius 1 is 1.17 bits per heavy atom. The molecule has 1 aliphatic rings. The molecule has 0 radical (unpaired) electrons. The maximum absolute atomic E-state index is 12.9. The third-order valence-corrected chi connectivity index (χ3v) is 6.78. The van der Waals surface area contributed by atoms with E-state index in [1.807, 2.05) is 19.1 Å². The molecule has 1 aliphatic heterocycles. The number of ether oxygens (including phenoxy) is 2. The first-order chi connectivity index (χ1) is 13.9. The van der Waals surface area contributed by atoms with E-state index in [2.05, 4.69) is 5.32 Å². The number of anilines is 1. The van der Waals surface area contributed by atoms with Gasteiger partial charge in [-0.2, -0.15) is 4.31 Å². The van der Waals surface area contributed by atoms with Crippen LogP contribution in [0.1, 0.15) is 12.5 Å². The highest BCUT2D eigenvalue weighted by Gasteiger charge is 2.28. The summed E-state index contributed by atoms with van der Waals surface area (Å²) >= 11 is 6.15. The van der Waals surface area contributed by atoms with E-state index in [1.165, 1.54) is 16.4 Å². The predicted octanol–water partition coefficient (Wildman–Crippen LogP) is 2.94. The highest BCUT2D eigenvalue weighted by molar-refractivity contribution is 7.89. The summed E-state index contributed by atoms with van der Waals surface area (Å²) in [5, 5.41) is 2.85. The standard InChI is InChI=1S/C20H23ClN2O5S/c1-2-28-17-6-3-15(4-7-17)13-20(24)22-16-5-8-18(21)19(14-16)29(25,26)23-9-11-27-12-10-23/h3-8,14H,2,9-13H2,1H3,(H,22,24). The van der Waals surface area contributed by atoms with Crippen molar-refractivity contribution in [2.75, 3.05) is 38.2 Å². The van der Waals surface area contributed by atoms with E-state index in [0.717, 1.165) is 11.3 Å². The third kappa shape index (κ3) is 5.48. The van der Waals surface area contributed by atoms with Gasteiger partial charge in [0.15, 0.2) is 0 Å². The summed E-state index contributed by atoms with van der Waals surface area (Å²) in [5.74, 6) is 0.485. The van der Waals surface area contributed by atoms with Crippen LogP contribution in [-0.2, 0) is 26.0 Å². The molecule has 0 aromatic heterocycles. The molecule has 2 aromatic rings. The number of hydrogen-bond donors (Lipinski definition) is 1. The highest BCUT2D eigenvalue weighted by Crippen LogP contribution is 2.28. The van der Waals surface area contributed by atoms with Crippen molar-refractivity contribution >= 4 is 33.2 Å². The number of amides is 1. The number of benzene rings is 2. The maximum atomic E-state index is 12.9. The van der Waals surface area contributed by atoms with Gasteiger partial charge in [-0.25, -0.2) is 8.42 Å². The summed E-state index contributed by atoms with van der Waals surface area (Å²) in [6, 6.07) is 11.7. The lowest BCUT2D eigenvalue weighted by Gasteiger charge is -2.26. The van der Waals surface area contributed by atoms with Gasteiger partial charge in [-0.05, 0) is 42.8 Å². The largest absolute Gasteiger partial charge is 0.494 e. The Kier molecular flexibility index (Phi) is 7.13. The first-order valence-corrected chi connectivity index (χ1v) is 11.1. The van der Waals surface area contributed by atoms with Gasteiger partial charge in [-0.3, -0.25) is 4.79 Å². The van der Waals surface area contributed by atoms with Crippen molar-refractivity contribution in [3.63, 3.8) is 0 Å². The van der Waals surface area contributed by atoms with Gasteiger partial charge in [0.25, 0.3) is 0 Å². The van der Waals surface area contributed by atoms with E-state index >= 15 is 0 Å². The Labute approximate surface area is 175 Å². The van der Waals surface area contributed by atoms with E-state index in [9.17, 15) is 13.2 Å². The predicted molar refractivity (Wildman–Crippen MR) is 111 cm³/mol. The van der Waals surface area contributed by atoms with Crippen molar-refractivity contribution in [2.24, 2.45) is 0 Å². The molecule has 2 aromatic carbocycles. The van der Waals surface area contributed by atoms with E-state index in [1.54, 1.807) is 18.2 Å². The van der Waals surface area contributed by atoms with Crippen LogP contribution in [0.2, 0.25) is 5.02 Å². The number of sulfonamides is 1. The van der Waals surface area contributed by atoms with Crippen LogP contribution in [0.3, 0.4) is 0 Å². The highest BCUT2D eigenvalue weighted by atomic mass is 35.5. The van der Waals surface area contributed by atoms with Gasteiger partial charge >= 0.3 is 0 Å². The van der Waals surface area contributed by atoms with E-state index in [4.69, 9.17) is 21.1 Å². The van der Waals surface area contributed by atoms with Crippen LogP contribution >= 0.6 is 11.6 Å². The molecule has 0 atom stereocenters. The quantitative estimate of drug-likeness (QED) is 0.718. The van der Waals surface area contributed by atoms with Gasteiger partial charge in [0.1, 0.15) is 10.6 Å². The van der Waals surface area contributed by atoms with Gasteiger partial charge in [0, 0.05) is 18.8 Å². The lowest BCUT2D eigenvalue weighted by atomic mass is 10.1. The fourth-order valence-corrected chi connectivity index (χ4v) is 4.87. The van der Waals surface area contributed by atoms with Gasteiger partial charge in [0.2, 0.25) is 15.9 Å². The molecule has 0 aliphatic carbocycles. The number of rotatable bonds is 7. The number of carbonyl (C=O) groups excluding carboxylic acids is 1. The smallest absolute Gasteiger partial charge is 0.244 e. The van der Waals surface area contributed by atoms with Crippen LogP contribution in [0.15, 0.2) is 47.4 Å². The van der Waals surface area contributed by atoms with Gasteiger partial charge in [0.05, 0.1) is 31.3 Å². The summed E-state index contributed by atoms with van der Waals surface area (Å²) in [6.07, 6.45) is 0.153. The summed E-state index contributed by atoms with van der Waals surface area (Å²) in [5.41, 5.74) is 1.19. The molecule has 1 N–H and O–H groups in total. The minimum absolute atomic E-state index is 0.0278. The zero-order valence-electron chi connectivity index (χ0n) is 16.1. The zero-order valence-corrected chi connectivity index (χ0v) is 17.6.